The van der Waals surface area contributed by atoms with Gasteiger partial charge in [0.1, 0.15) is 6.61 Å². The van der Waals surface area contributed by atoms with Crippen LogP contribution in [0.1, 0.15) is 42.2 Å². The molecule has 7 heteroatoms. The molecule has 0 aliphatic carbocycles. The molecule has 0 atom stereocenters. The minimum absolute atomic E-state index is 0.0618. The Kier molecular flexibility index (Phi) is 7.06. The fraction of sp³-hybridized carbons (Fsp3) is 0.500. The zero-order valence-electron chi connectivity index (χ0n) is 15.9. The van der Waals surface area contributed by atoms with Gasteiger partial charge in [-0.05, 0) is 44.0 Å². The number of ether oxygens (including phenoxy) is 2. The summed E-state index contributed by atoms with van der Waals surface area (Å²) in [6, 6.07) is 5.53. The minimum Gasteiger partial charge on any atom is -0.493 e. The lowest BCUT2D eigenvalue weighted by Crippen LogP contribution is -2.44. The van der Waals surface area contributed by atoms with Crippen LogP contribution in [0, 0.1) is 0 Å². The van der Waals surface area contributed by atoms with Gasteiger partial charge in [0, 0.05) is 30.1 Å². The molecule has 1 fully saturated rings. The van der Waals surface area contributed by atoms with Gasteiger partial charge in [-0.25, -0.2) is 4.98 Å². The van der Waals surface area contributed by atoms with Gasteiger partial charge in [0.15, 0.2) is 11.5 Å². The zero-order valence-corrected chi connectivity index (χ0v) is 16.8. The second-order valence-corrected chi connectivity index (χ2v) is 7.44. The highest BCUT2D eigenvalue weighted by molar-refractivity contribution is 7.07. The molecular weight excluding hydrogens is 362 g/mol. The summed E-state index contributed by atoms with van der Waals surface area (Å²) in [5, 5.41) is 5.10. The molecular formula is C20H27N3O3S. The fourth-order valence-corrected chi connectivity index (χ4v) is 3.82. The van der Waals surface area contributed by atoms with Gasteiger partial charge in [0.25, 0.3) is 5.91 Å². The molecule has 146 valence electrons. The summed E-state index contributed by atoms with van der Waals surface area (Å²) in [6.07, 6.45) is 3.17. The lowest BCUT2D eigenvalue weighted by Gasteiger charge is -2.32. The lowest BCUT2D eigenvalue weighted by atomic mass is 10.0. The van der Waals surface area contributed by atoms with E-state index < -0.39 is 0 Å². The Morgan fingerprint density at radius 2 is 2.15 bits per heavy atom. The van der Waals surface area contributed by atoms with Gasteiger partial charge in [-0.1, -0.05) is 6.92 Å². The molecule has 1 amide bonds. The summed E-state index contributed by atoms with van der Waals surface area (Å²) in [5.41, 5.74) is 3.23. The van der Waals surface area contributed by atoms with E-state index in [2.05, 4.69) is 22.1 Å². The second kappa shape index (κ2) is 9.71. The molecule has 3 rings (SSSR count). The van der Waals surface area contributed by atoms with E-state index in [4.69, 9.17) is 9.47 Å². The minimum atomic E-state index is -0.0618. The highest BCUT2D eigenvalue weighted by atomic mass is 32.1. The molecule has 0 radical (unpaired) electrons. The Morgan fingerprint density at radius 3 is 2.81 bits per heavy atom. The Labute approximate surface area is 164 Å². The monoisotopic (exact) mass is 389 g/mol. The molecule has 6 nitrogen and oxygen atoms in total. The average molecular weight is 390 g/mol. The normalized spacial score (nSPS) is 15.5. The van der Waals surface area contributed by atoms with Crippen molar-refractivity contribution in [3.63, 3.8) is 0 Å². The molecule has 2 heterocycles. The Hall–Kier alpha value is -2.12. The van der Waals surface area contributed by atoms with Crippen LogP contribution in [0.3, 0.4) is 0 Å². The van der Waals surface area contributed by atoms with Crippen molar-refractivity contribution in [2.75, 3.05) is 26.7 Å². The van der Waals surface area contributed by atoms with E-state index in [-0.39, 0.29) is 11.9 Å². The Bertz CT molecular complexity index is 728. The number of hydrogen-bond acceptors (Lipinski definition) is 6. The number of thiazole rings is 1. The maximum Gasteiger partial charge on any atom is 0.251 e. The maximum atomic E-state index is 12.6. The number of likely N-dealkylation sites (tertiary alicyclic amines) is 1. The van der Waals surface area contributed by atoms with Crippen molar-refractivity contribution in [1.29, 1.82) is 0 Å². The number of hydrogen-bond donors (Lipinski definition) is 1. The summed E-state index contributed by atoms with van der Waals surface area (Å²) in [4.78, 5) is 19.3. The smallest absolute Gasteiger partial charge is 0.251 e. The molecule has 1 aromatic heterocycles. The van der Waals surface area contributed by atoms with Gasteiger partial charge >= 0.3 is 0 Å². The molecule has 1 aliphatic heterocycles. The van der Waals surface area contributed by atoms with Crippen molar-refractivity contribution < 1.29 is 14.3 Å². The average Bonchev–Trinajstić information content (AvgIpc) is 3.21. The first kappa shape index (κ1) is 19.6. The zero-order chi connectivity index (χ0) is 19.1. The van der Waals surface area contributed by atoms with Crippen molar-refractivity contribution >= 4 is 17.2 Å². The SMILES string of the molecule is CCCN1CCC(NC(=O)c2ccc(OCc3cscn3)c(OC)c2)CC1. The number of carbonyl (C=O) groups excluding carboxylic acids is 1. The van der Waals surface area contributed by atoms with Gasteiger partial charge in [-0.15, -0.1) is 11.3 Å². The highest BCUT2D eigenvalue weighted by Crippen LogP contribution is 2.29. The van der Waals surface area contributed by atoms with Crippen LogP contribution in [0.4, 0.5) is 0 Å². The maximum absolute atomic E-state index is 12.6. The predicted molar refractivity (Wildman–Crippen MR) is 107 cm³/mol. The van der Waals surface area contributed by atoms with Crippen LogP contribution in [0.5, 0.6) is 11.5 Å². The highest BCUT2D eigenvalue weighted by Gasteiger charge is 2.21. The summed E-state index contributed by atoms with van der Waals surface area (Å²) < 4.78 is 11.2. The standard InChI is InChI=1S/C20H27N3O3S/c1-3-8-23-9-6-16(7-10-23)22-20(24)15-4-5-18(19(11-15)25-2)26-12-17-13-27-14-21-17/h4-5,11,13-14,16H,3,6-10,12H2,1-2H3,(H,22,24). The van der Waals surface area contributed by atoms with Crippen LogP contribution in [0.2, 0.25) is 0 Å². The largest absolute Gasteiger partial charge is 0.493 e. The van der Waals surface area contributed by atoms with Gasteiger partial charge in [0.05, 0.1) is 18.3 Å². The van der Waals surface area contributed by atoms with Gasteiger partial charge in [-0.3, -0.25) is 4.79 Å². The van der Waals surface area contributed by atoms with E-state index >= 15 is 0 Å². The number of rotatable bonds is 8. The molecule has 1 aliphatic rings. The third-order valence-corrected chi connectivity index (χ3v) is 5.38. The number of nitrogens with zero attached hydrogens (tertiary/aromatic N) is 2. The van der Waals surface area contributed by atoms with E-state index in [0.717, 1.165) is 38.2 Å². The van der Waals surface area contributed by atoms with E-state index in [0.29, 0.717) is 23.7 Å². The molecule has 1 N–H and O–H groups in total. The molecule has 27 heavy (non-hydrogen) atoms. The molecule has 0 saturated carbocycles. The van der Waals surface area contributed by atoms with Crippen LogP contribution in [-0.4, -0.2) is 48.6 Å². The number of piperidine rings is 1. The van der Waals surface area contributed by atoms with Crippen LogP contribution >= 0.6 is 11.3 Å². The van der Waals surface area contributed by atoms with Gasteiger partial charge < -0.3 is 19.7 Å². The van der Waals surface area contributed by atoms with E-state index in [1.807, 2.05) is 5.38 Å². The molecule has 0 bridgehead atoms. The number of carbonyl (C=O) groups is 1. The van der Waals surface area contributed by atoms with Crippen molar-refractivity contribution in [3.05, 3.63) is 40.3 Å². The van der Waals surface area contributed by atoms with Gasteiger partial charge in [0.2, 0.25) is 0 Å². The topological polar surface area (TPSA) is 63.7 Å². The summed E-state index contributed by atoms with van der Waals surface area (Å²) in [7, 11) is 1.58. The summed E-state index contributed by atoms with van der Waals surface area (Å²) in [6.45, 7) is 5.81. The summed E-state index contributed by atoms with van der Waals surface area (Å²) in [5.74, 6) is 1.10. The van der Waals surface area contributed by atoms with Crippen molar-refractivity contribution in [3.8, 4) is 11.5 Å². The third-order valence-electron chi connectivity index (χ3n) is 4.75. The summed E-state index contributed by atoms with van der Waals surface area (Å²) >= 11 is 1.53. The first-order valence-corrected chi connectivity index (χ1v) is 10.3. The van der Waals surface area contributed by atoms with E-state index in [1.54, 1.807) is 30.8 Å². The third kappa shape index (κ3) is 5.43. The molecule has 0 spiro atoms. The molecule has 0 unspecified atom stereocenters. The van der Waals surface area contributed by atoms with Gasteiger partial charge in [-0.2, -0.15) is 0 Å². The van der Waals surface area contributed by atoms with Crippen molar-refractivity contribution in [2.24, 2.45) is 0 Å². The number of benzene rings is 1. The first-order chi connectivity index (χ1) is 13.2. The molecule has 2 aromatic rings. The number of methoxy groups -OCH3 is 1. The number of aromatic nitrogens is 1. The van der Waals surface area contributed by atoms with Crippen LogP contribution in [0.25, 0.3) is 0 Å². The Morgan fingerprint density at radius 1 is 1.33 bits per heavy atom. The van der Waals surface area contributed by atoms with Crippen LogP contribution < -0.4 is 14.8 Å². The predicted octanol–water partition coefficient (Wildman–Crippen LogP) is 3.33. The van der Waals surface area contributed by atoms with Crippen molar-refractivity contribution in [2.45, 2.75) is 38.8 Å². The van der Waals surface area contributed by atoms with Crippen LogP contribution in [-0.2, 0) is 6.61 Å². The molecule has 1 aromatic carbocycles. The Balaban J connectivity index is 1.57. The quantitative estimate of drug-likeness (QED) is 0.750. The van der Waals surface area contributed by atoms with E-state index in [9.17, 15) is 4.79 Å². The fourth-order valence-electron chi connectivity index (χ4n) is 3.27. The number of amides is 1. The van der Waals surface area contributed by atoms with Crippen LogP contribution in [0.15, 0.2) is 29.1 Å². The van der Waals surface area contributed by atoms with E-state index in [1.165, 1.54) is 17.8 Å². The number of nitrogens with one attached hydrogen (secondary N) is 1. The second-order valence-electron chi connectivity index (χ2n) is 6.72. The molecule has 1 saturated heterocycles. The lowest BCUT2D eigenvalue weighted by molar-refractivity contribution is 0.0910. The van der Waals surface area contributed by atoms with Crippen molar-refractivity contribution in [1.82, 2.24) is 15.2 Å². The first-order valence-electron chi connectivity index (χ1n) is 9.40.